The minimum Gasteiger partial charge on any atom is -0.496 e. The van der Waals surface area contributed by atoms with E-state index in [2.05, 4.69) is 0 Å². The number of imide groups is 1. The van der Waals surface area contributed by atoms with Gasteiger partial charge < -0.3 is 29.1 Å². The molecule has 2 saturated heterocycles. The molecule has 1 N–H and O–H groups in total. The van der Waals surface area contributed by atoms with Crippen LogP contribution in [-0.4, -0.2) is 102 Å². The summed E-state index contributed by atoms with van der Waals surface area (Å²) in [5, 5.41) is 9.33. The Hall–Kier alpha value is -3.09. The summed E-state index contributed by atoms with van der Waals surface area (Å²) in [7, 11) is 4.83. The van der Waals surface area contributed by atoms with Crippen LogP contribution in [0, 0.1) is 5.92 Å². The number of benzene rings is 1. The number of hydrogen-bond acceptors (Lipinski definition) is 8. The Labute approximate surface area is 237 Å². The third kappa shape index (κ3) is 4.86. The van der Waals surface area contributed by atoms with Crippen LogP contribution in [0.5, 0.6) is 5.75 Å². The summed E-state index contributed by atoms with van der Waals surface area (Å²) in [5.74, 6) is -2.29. The molecule has 3 aliphatic heterocycles. The lowest BCUT2D eigenvalue weighted by Gasteiger charge is -2.45. The van der Waals surface area contributed by atoms with E-state index < -0.39 is 40.8 Å². The van der Waals surface area contributed by atoms with E-state index in [1.807, 2.05) is 24.3 Å². The monoisotopic (exact) mass is 573 g/mol. The lowest BCUT2D eigenvalue weighted by molar-refractivity contribution is -0.153. The molecule has 2 unspecified atom stereocenters. The first-order chi connectivity index (χ1) is 19.1. The molecular weight excluding hydrogens is 538 g/mol. The van der Waals surface area contributed by atoms with Gasteiger partial charge in [-0.1, -0.05) is 30.0 Å². The standard InChI is InChI=1S/C28H35N3O8S/c1-16-21-23(32)31(28(11-12-28)26(34)35)27(36)30(25(21)40-22(16)24(33)29(2)3)15-20(39-17-9-13-38-14-10-17)18-7-5-6-8-19(18)37-4/h5-8,17,20-21,25H,9-15H2,1-4H3,(H,34,35)/t20-,21?,25?/m0/s1. The topological polar surface area (TPSA) is 126 Å². The number of methoxy groups -OCH3 is 1. The Morgan fingerprint density at radius 3 is 2.48 bits per heavy atom. The summed E-state index contributed by atoms with van der Waals surface area (Å²) in [6, 6.07) is 6.73. The number of amides is 4. The Kier molecular flexibility index (Phi) is 7.86. The van der Waals surface area contributed by atoms with Crippen LogP contribution in [-0.2, 0) is 23.9 Å². The van der Waals surface area contributed by atoms with Crippen LogP contribution < -0.4 is 4.74 Å². The fourth-order valence-electron chi connectivity index (χ4n) is 5.68. The van der Waals surface area contributed by atoms with Crippen molar-refractivity contribution in [3.63, 3.8) is 0 Å². The fourth-order valence-corrected chi connectivity index (χ4v) is 7.28. The molecule has 1 aromatic rings. The second-order valence-corrected chi connectivity index (χ2v) is 11.9. The average Bonchev–Trinajstić information content (AvgIpc) is 3.67. The zero-order valence-corrected chi connectivity index (χ0v) is 23.9. The van der Waals surface area contributed by atoms with E-state index in [4.69, 9.17) is 14.2 Å². The first-order valence-electron chi connectivity index (χ1n) is 13.4. The smallest absolute Gasteiger partial charge is 0.330 e. The van der Waals surface area contributed by atoms with Crippen molar-refractivity contribution in [1.29, 1.82) is 0 Å². The van der Waals surface area contributed by atoms with Gasteiger partial charge in [-0.05, 0) is 44.2 Å². The molecule has 0 radical (unpaired) electrons. The molecule has 3 fully saturated rings. The second kappa shape index (κ2) is 11.1. The van der Waals surface area contributed by atoms with Crippen molar-refractivity contribution >= 4 is 35.6 Å². The minimum absolute atomic E-state index is 0.0426. The Morgan fingerprint density at radius 1 is 1.20 bits per heavy atom. The summed E-state index contributed by atoms with van der Waals surface area (Å²) in [6.45, 7) is 2.89. The van der Waals surface area contributed by atoms with Gasteiger partial charge in [0.05, 0.1) is 36.0 Å². The van der Waals surface area contributed by atoms with Gasteiger partial charge >= 0.3 is 12.0 Å². The van der Waals surface area contributed by atoms with Crippen LogP contribution in [0.25, 0.3) is 0 Å². The van der Waals surface area contributed by atoms with Gasteiger partial charge in [0.2, 0.25) is 5.91 Å². The van der Waals surface area contributed by atoms with E-state index in [-0.39, 0.29) is 31.4 Å². The number of rotatable bonds is 9. The van der Waals surface area contributed by atoms with Gasteiger partial charge in [-0.3, -0.25) is 9.59 Å². The van der Waals surface area contributed by atoms with E-state index in [1.165, 1.54) is 21.6 Å². The average molecular weight is 574 g/mol. The molecule has 1 aromatic carbocycles. The Bertz CT molecular complexity index is 1240. The van der Waals surface area contributed by atoms with Crippen LogP contribution in [0.3, 0.4) is 0 Å². The van der Waals surface area contributed by atoms with Crippen LogP contribution in [0.4, 0.5) is 4.79 Å². The predicted octanol–water partition coefficient (Wildman–Crippen LogP) is 2.86. The highest BCUT2D eigenvalue weighted by Crippen LogP contribution is 2.52. The molecule has 0 aromatic heterocycles. The lowest BCUT2D eigenvalue weighted by Crippen LogP contribution is -2.65. The number of nitrogens with zero attached hydrogens (tertiary/aromatic N) is 3. The zero-order valence-electron chi connectivity index (χ0n) is 23.1. The molecule has 5 rings (SSSR count). The van der Waals surface area contributed by atoms with E-state index in [0.717, 1.165) is 10.5 Å². The highest BCUT2D eigenvalue weighted by Gasteiger charge is 2.65. The van der Waals surface area contributed by atoms with Crippen molar-refractivity contribution in [3.05, 3.63) is 40.3 Å². The molecular formula is C28H35N3O8S. The number of carboxylic acids is 1. The Morgan fingerprint density at radius 2 is 1.88 bits per heavy atom. The number of thioether (sulfide) groups is 1. The van der Waals surface area contributed by atoms with Crippen molar-refractivity contribution in [2.75, 3.05) is 41.0 Å². The van der Waals surface area contributed by atoms with Crippen molar-refractivity contribution in [3.8, 4) is 5.75 Å². The van der Waals surface area contributed by atoms with Gasteiger partial charge in [-0.25, -0.2) is 14.5 Å². The quantitative estimate of drug-likeness (QED) is 0.475. The number of carboxylic acid groups (broad SMARTS) is 1. The van der Waals surface area contributed by atoms with Gasteiger partial charge in [-0.2, -0.15) is 0 Å². The molecule has 3 heterocycles. The van der Waals surface area contributed by atoms with Crippen LogP contribution >= 0.6 is 11.8 Å². The van der Waals surface area contributed by atoms with Gasteiger partial charge in [0.15, 0.2) is 0 Å². The fraction of sp³-hybridized carbons (Fsp3) is 0.571. The number of ether oxygens (including phenoxy) is 3. The number of urea groups is 1. The predicted molar refractivity (Wildman–Crippen MR) is 145 cm³/mol. The van der Waals surface area contributed by atoms with Crippen molar-refractivity contribution in [2.24, 2.45) is 5.92 Å². The maximum Gasteiger partial charge on any atom is 0.330 e. The zero-order chi connectivity index (χ0) is 28.8. The van der Waals surface area contributed by atoms with Crippen LogP contribution in [0.1, 0.15) is 44.3 Å². The number of likely N-dealkylation sites (N-methyl/N-ethyl adjacent to an activating group) is 1. The number of hydrogen-bond donors (Lipinski definition) is 1. The molecule has 1 aliphatic carbocycles. The van der Waals surface area contributed by atoms with Crippen LogP contribution in [0.15, 0.2) is 34.7 Å². The van der Waals surface area contributed by atoms with E-state index in [1.54, 1.807) is 28.1 Å². The molecule has 3 atom stereocenters. The number of fused-ring (bicyclic) bond motifs is 1. The molecule has 0 spiro atoms. The van der Waals surface area contributed by atoms with Crippen molar-refractivity contribution in [1.82, 2.24) is 14.7 Å². The molecule has 216 valence electrons. The summed E-state index contributed by atoms with van der Waals surface area (Å²) in [4.78, 5) is 57.6. The molecule has 4 amide bonds. The molecule has 0 bridgehead atoms. The van der Waals surface area contributed by atoms with E-state index in [0.29, 0.717) is 42.3 Å². The second-order valence-electron chi connectivity index (χ2n) is 10.8. The maximum atomic E-state index is 14.1. The molecule has 4 aliphatic rings. The van der Waals surface area contributed by atoms with Crippen molar-refractivity contribution < 1.29 is 38.5 Å². The highest BCUT2D eigenvalue weighted by atomic mass is 32.2. The molecule has 12 heteroatoms. The number of para-hydroxylation sites is 1. The van der Waals surface area contributed by atoms with E-state index in [9.17, 15) is 24.3 Å². The SMILES string of the molecule is COc1ccccc1[C@H](CN1C(=O)N(C2(C(=O)O)CC2)C(=O)C2C(C)=C(C(=O)N(C)C)SC21)OC1CCOCC1. The van der Waals surface area contributed by atoms with E-state index >= 15 is 0 Å². The van der Waals surface area contributed by atoms with Gasteiger partial charge in [0.25, 0.3) is 5.91 Å². The first-order valence-corrected chi connectivity index (χ1v) is 14.3. The normalized spacial score (nSPS) is 25.1. The number of carbonyl (C=O) groups is 4. The van der Waals surface area contributed by atoms with Gasteiger partial charge in [-0.15, -0.1) is 0 Å². The summed E-state index contributed by atoms with van der Waals surface area (Å²) in [6.07, 6.45) is 1.02. The lowest BCUT2D eigenvalue weighted by atomic mass is 9.93. The first kappa shape index (κ1) is 28.4. The maximum absolute atomic E-state index is 14.1. The summed E-state index contributed by atoms with van der Waals surface area (Å²) >= 11 is 1.18. The summed E-state index contributed by atoms with van der Waals surface area (Å²) < 4.78 is 17.7. The third-order valence-electron chi connectivity index (χ3n) is 8.10. The van der Waals surface area contributed by atoms with Gasteiger partial charge in [0, 0.05) is 32.9 Å². The number of aliphatic carboxylic acids is 1. The summed E-state index contributed by atoms with van der Waals surface area (Å²) in [5.41, 5.74) is -0.291. The van der Waals surface area contributed by atoms with Gasteiger partial charge in [0.1, 0.15) is 17.4 Å². The third-order valence-corrected chi connectivity index (χ3v) is 9.60. The highest BCUT2D eigenvalue weighted by molar-refractivity contribution is 8.04. The molecule has 1 saturated carbocycles. The molecule has 11 nitrogen and oxygen atoms in total. The largest absolute Gasteiger partial charge is 0.496 e. The Balaban J connectivity index is 1.55. The number of carbonyl (C=O) groups excluding carboxylic acids is 3. The van der Waals surface area contributed by atoms with Crippen molar-refractivity contribution in [2.45, 2.75) is 55.7 Å². The minimum atomic E-state index is -1.57. The molecule has 40 heavy (non-hydrogen) atoms. The van der Waals surface area contributed by atoms with Crippen LogP contribution in [0.2, 0.25) is 0 Å².